The average molecular weight is 506 g/mol. The highest BCUT2D eigenvalue weighted by molar-refractivity contribution is 6.11. The molecule has 1 atom stereocenters. The van der Waals surface area contributed by atoms with Crippen LogP contribution in [0.4, 0.5) is 0 Å². The van der Waals surface area contributed by atoms with Crippen LogP contribution in [-0.4, -0.2) is 43.0 Å². The van der Waals surface area contributed by atoms with Crippen molar-refractivity contribution < 1.29 is 33.7 Å². The molecule has 0 saturated carbocycles. The summed E-state index contributed by atoms with van der Waals surface area (Å²) in [4.78, 5) is 36.1. The van der Waals surface area contributed by atoms with Gasteiger partial charge in [0.15, 0.2) is 5.78 Å². The summed E-state index contributed by atoms with van der Waals surface area (Å²) in [6.45, 7) is 3.64. The van der Waals surface area contributed by atoms with Gasteiger partial charge in [0, 0.05) is 25.2 Å². The lowest BCUT2D eigenvalue weighted by molar-refractivity contribution is -0.143. The van der Waals surface area contributed by atoms with Gasteiger partial charge in [-0.15, -0.1) is 0 Å². The van der Waals surface area contributed by atoms with Crippen molar-refractivity contribution >= 4 is 18.1 Å². The predicted octanol–water partition coefficient (Wildman–Crippen LogP) is 4.60. The Balaban J connectivity index is 1.86. The third-order valence-corrected chi connectivity index (χ3v) is 6.08. The van der Waals surface area contributed by atoms with E-state index in [1.165, 1.54) is 26.4 Å². The molecule has 194 valence electrons. The van der Waals surface area contributed by atoms with E-state index in [1.54, 1.807) is 43.3 Å². The Morgan fingerprint density at radius 3 is 2.46 bits per heavy atom. The van der Waals surface area contributed by atoms with Crippen molar-refractivity contribution in [2.24, 2.45) is 0 Å². The Labute approximate surface area is 216 Å². The third kappa shape index (κ3) is 6.54. The standard InChI is InChI=1S/C29H31NO7/c1-5-7-20-15-21(27(33)24-12-11-22(35-3)16-25(24)32)10-13-26(20)37-23-9-6-8-19(14-23)17-29(2,36-4)28(34)30-18-31/h6,8-16,18,32H,5,7,17H2,1-4H3,(H,30,31,34)/t29-/m1/s1. The summed E-state index contributed by atoms with van der Waals surface area (Å²) in [5, 5.41) is 12.4. The van der Waals surface area contributed by atoms with Gasteiger partial charge in [0.2, 0.25) is 6.41 Å². The molecule has 0 unspecified atom stereocenters. The maximum absolute atomic E-state index is 13.1. The summed E-state index contributed by atoms with van der Waals surface area (Å²) in [6.07, 6.45) is 2.07. The van der Waals surface area contributed by atoms with Crippen molar-refractivity contribution in [2.75, 3.05) is 14.2 Å². The van der Waals surface area contributed by atoms with E-state index >= 15 is 0 Å². The summed E-state index contributed by atoms with van der Waals surface area (Å²) in [5.74, 6) is 0.618. The SMILES string of the molecule is CCCc1cc(C(=O)c2ccc(OC)cc2O)ccc1Oc1cccc(C[C@@](C)(OC)C(=O)NC=O)c1. The van der Waals surface area contributed by atoms with Gasteiger partial charge in [-0.1, -0.05) is 25.5 Å². The molecule has 0 spiro atoms. The number of carbonyl (C=O) groups is 3. The van der Waals surface area contributed by atoms with Crippen LogP contribution in [0.3, 0.4) is 0 Å². The summed E-state index contributed by atoms with van der Waals surface area (Å²) in [7, 11) is 2.90. The van der Waals surface area contributed by atoms with Gasteiger partial charge >= 0.3 is 0 Å². The number of rotatable bonds is 12. The van der Waals surface area contributed by atoms with Crippen LogP contribution >= 0.6 is 0 Å². The Kier molecular flexibility index (Phi) is 9.03. The van der Waals surface area contributed by atoms with Crippen LogP contribution in [-0.2, 0) is 27.2 Å². The van der Waals surface area contributed by atoms with E-state index in [9.17, 15) is 19.5 Å². The Morgan fingerprint density at radius 2 is 1.81 bits per heavy atom. The molecule has 37 heavy (non-hydrogen) atoms. The molecule has 0 bridgehead atoms. The largest absolute Gasteiger partial charge is 0.507 e. The molecule has 0 fully saturated rings. The highest BCUT2D eigenvalue weighted by Crippen LogP contribution is 2.31. The van der Waals surface area contributed by atoms with Crippen molar-refractivity contribution in [1.82, 2.24) is 5.32 Å². The van der Waals surface area contributed by atoms with Crippen LogP contribution in [0.5, 0.6) is 23.0 Å². The van der Waals surface area contributed by atoms with E-state index in [0.717, 1.165) is 17.5 Å². The second-order valence-corrected chi connectivity index (χ2v) is 8.74. The predicted molar refractivity (Wildman–Crippen MR) is 138 cm³/mol. The van der Waals surface area contributed by atoms with Crippen molar-refractivity contribution in [1.29, 1.82) is 0 Å². The zero-order chi connectivity index (χ0) is 27.0. The first kappa shape index (κ1) is 27.4. The maximum atomic E-state index is 13.1. The number of nitrogens with one attached hydrogen (secondary N) is 1. The number of ketones is 1. The molecule has 0 radical (unpaired) electrons. The lowest BCUT2D eigenvalue weighted by Crippen LogP contribution is -2.47. The van der Waals surface area contributed by atoms with E-state index in [4.69, 9.17) is 14.2 Å². The summed E-state index contributed by atoms with van der Waals surface area (Å²) in [6, 6.07) is 17.0. The number of imide groups is 1. The van der Waals surface area contributed by atoms with Gasteiger partial charge in [0.05, 0.1) is 12.7 Å². The maximum Gasteiger partial charge on any atom is 0.258 e. The molecule has 0 aliphatic rings. The second-order valence-electron chi connectivity index (χ2n) is 8.74. The van der Waals surface area contributed by atoms with Crippen LogP contribution in [0.25, 0.3) is 0 Å². The Morgan fingerprint density at radius 1 is 1.03 bits per heavy atom. The smallest absolute Gasteiger partial charge is 0.258 e. The molecule has 3 aromatic rings. The van der Waals surface area contributed by atoms with Gasteiger partial charge in [-0.05, 0) is 66.9 Å². The molecular formula is C29H31NO7. The topological polar surface area (TPSA) is 111 Å². The van der Waals surface area contributed by atoms with Crippen LogP contribution in [0.2, 0.25) is 0 Å². The number of aromatic hydroxyl groups is 1. The fourth-order valence-electron chi connectivity index (χ4n) is 3.96. The van der Waals surface area contributed by atoms with Gasteiger partial charge in [-0.3, -0.25) is 19.7 Å². The lowest BCUT2D eigenvalue weighted by Gasteiger charge is -2.26. The van der Waals surface area contributed by atoms with Gasteiger partial charge in [-0.25, -0.2) is 0 Å². The molecule has 0 aliphatic heterocycles. The quantitative estimate of drug-likeness (QED) is 0.273. The van der Waals surface area contributed by atoms with Gasteiger partial charge in [0.1, 0.15) is 28.6 Å². The number of benzene rings is 3. The monoisotopic (exact) mass is 505 g/mol. The van der Waals surface area contributed by atoms with E-state index in [-0.39, 0.29) is 23.5 Å². The normalized spacial score (nSPS) is 12.3. The second kappa shape index (κ2) is 12.2. The number of phenols is 1. The van der Waals surface area contributed by atoms with Crippen molar-refractivity contribution in [3.05, 3.63) is 82.9 Å². The number of hydrogen-bond acceptors (Lipinski definition) is 7. The highest BCUT2D eigenvalue weighted by Gasteiger charge is 2.33. The highest BCUT2D eigenvalue weighted by atomic mass is 16.5. The molecule has 0 aliphatic carbocycles. The van der Waals surface area contributed by atoms with E-state index in [0.29, 0.717) is 35.6 Å². The minimum absolute atomic E-state index is 0.150. The number of carbonyl (C=O) groups excluding carboxylic acids is 3. The van der Waals surface area contributed by atoms with Gasteiger partial charge < -0.3 is 19.3 Å². The summed E-state index contributed by atoms with van der Waals surface area (Å²) >= 11 is 0. The molecule has 0 aromatic heterocycles. The molecule has 2 amide bonds. The number of methoxy groups -OCH3 is 2. The van der Waals surface area contributed by atoms with E-state index in [1.807, 2.05) is 19.1 Å². The van der Waals surface area contributed by atoms with E-state index in [2.05, 4.69) is 5.32 Å². The molecule has 0 saturated heterocycles. The summed E-state index contributed by atoms with van der Waals surface area (Å²) < 4.78 is 16.7. The van der Waals surface area contributed by atoms with Crippen molar-refractivity contribution in [2.45, 2.75) is 38.7 Å². The van der Waals surface area contributed by atoms with Crippen molar-refractivity contribution in [3.63, 3.8) is 0 Å². The summed E-state index contributed by atoms with van der Waals surface area (Å²) in [5.41, 5.74) is 1.01. The zero-order valence-corrected chi connectivity index (χ0v) is 21.4. The number of hydrogen-bond donors (Lipinski definition) is 2. The molecule has 3 aromatic carbocycles. The molecule has 0 heterocycles. The first-order valence-corrected chi connectivity index (χ1v) is 11.9. The number of phenolic OH excluding ortho intramolecular Hbond substituents is 1. The molecule has 3 rings (SSSR count). The first-order chi connectivity index (χ1) is 17.7. The third-order valence-electron chi connectivity index (χ3n) is 6.08. The first-order valence-electron chi connectivity index (χ1n) is 11.9. The van der Waals surface area contributed by atoms with E-state index < -0.39 is 11.5 Å². The Bertz CT molecular complexity index is 1290. The number of ether oxygens (including phenoxy) is 3. The minimum Gasteiger partial charge on any atom is -0.507 e. The number of aryl methyl sites for hydroxylation is 1. The van der Waals surface area contributed by atoms with Crippen molar-refractivity contribution in [3.8, 4) is 23.0 Å². The van der Waals surface area contributed by atoms with Crippen LogP contribution in [0.1, 0.15) is 47.3 Å². The van der Waals surface area contributed by atoms with Gasteiger partial charge in [0.25, 0.3) is 5.91 Å². The van der Waals surface area contributed by atoms with Crippen LogP contribution in [0, 0.1) is 0 Å². The number of amides is 2. The fraction of sp³-hybridized carbons (Fsp3) is 0.276. The Hall–Kier alpha value is -4.17. The van der Waals surface area contributed by atoms with Crippen LogP contribution < -0.4 is 14.8 Å². The lowest BCUT2D eigenvalue weighted by atomic mass is 9.95. The average Bonchev–Trinajstić information content (AvgIpc) is 2.89. The van der Waals surface area contributed by atoms with Crippen LogP contribution in [0.15, 0.2) is 60.7 Å². The molecule has 8 heteroatoms. The molecule has 8 nitrogen and oxygen atoms in total. The molecular weight excluding hydrogens is 474 g/mol. The van der Waals surface area contributed by atoms with Gasteiger partial charge in [-0.2, -0.15) is 0 Å². The minimum atomic E-state index is -1.23. The molecule has 2 N–H and O–H groups in total. The fourth-order valence-corrected chi connectivity index (χ4v) is 3.96. The zero-order valence-electron chi connectivity index (χ0n) is 21.4.